The Morgan fingerprint density at radius 2 is 2.21 bits per heavy atom. The van der Waals surface area contributed by atoms with Crippen LogP contribution in [0.3, 0.4) is 0 Å². The minimum atomic E-state index is 0.591. The number of aryl methyl sites for hydroxylation is 2. The molecule has 0 saturated heterocycles. The second kappa shape index (κ2) is 4.47. The van der Waals surface area contributed by atoms with Crippen molar-refractivity contribution in [2.45, 2.75) is 13.3 Å². The van der Waals surface area contributed by atoms with Crippen LogP contribution in [0.4, 0.5) is 0 Å². The summed E-state index contributed by atoms with van der Waals surface area (Å²) in [5.74, 6) is 1.69. The number of imidazole rings is 1. The van der Waals surface area contributed by atoms with Gasteiger partial charge in [0.1, 0.15) is 0 Å². The van der Waals surface area contributed by atoms with E-state index in [0.717, 1.165) is 35.0 Å². The van der Waals surface area contributed by atoms with Crippen LogP contribution < -0.4 is 5.73 Å². The van der Waals surface area contributed by atoms with Gasteiger partial charge in [-0.25, -0.2) is 9.50 Å². The molecule has 3 rings (SSSR count). The molecule has 0 atom stereocenters. The van der Waals surface area contributed by atoms with E-state index >= 15 is 0 Å². The number of hydrogen-bond acceptors (Lipinski definition) is 4. The SMILES string of the molecule is Cc1nc2n(C)c(-c3cccnc3)nn2c1CCN. The number of aromatic nitrogens is 5. The van der Waals surface area contributed by atoms with Crippen molar-refractivity contribution in [1.82, 2.24) is 24.1 Å². The van der Waals surface area contributed by atoms with Gasteiger partial charge in [0.2, 0.25) is 5.78 Å². The molecule has 0 aliphatic heterocycles. The van der Waals surface area contributed by atoms with Gasteiger partial charge in [0.15, 0.2) is 5.82 Å². The summed E-state index contributed by atoms with van der Waals surface area (Å²) in [6, 6.07) is 3.89. The average molecular weight is 256 g/mol. The molecule has 0 aliphatic rings. The molecule has 0 spiro atoms. The quantitative estimate of drug-likeness (QED) is 0.756. The van der Waals surface area contributed by atoms with E-state index in [1.54, 1.807) is 12.4 Å². The third-order valence-corrected chi connectivity index (χ3v) is 3.24. The molecule has 0 unspecified atom stereocenters. The van der Waals surface area contributed by atoms with E-state index < -0.39 is 0 Å². The molecule has 3 heterocycles. The van der Waals surface area contributed by atoms with Crippen molar-refractivity contribution in [3.63, 3.8) is 0 Å². The molecule has 3 aromatic rings. The summed E-state index contributed by atoms with van der Waals surface area (Å²) in [7, 11) is 1.96. The third kappa shape index (κ3) is 1.80. The molecular weight excluding hydrogens is 240 g/mol. The van der Waals surface area contributed by atoms with Crippen molar-refractivity contribution in [3.8, 4) is 11.4 Å². The standard InChI is InChI=1S/C13H16N6/c1-9-11(5-6-14)19-13(16-9)18(2)12(17-19)10-4-3-7-15-8-10/h3-4,7-8H,5-6,14H2,1-2H3. The highest BCUT2D eigenvalue weighted by Crippen LogP contribution is 2.20. The molecule has 2 N–H and O–H groups in total. The van der Waals surface area contributed by atoms with E-state index in [1.165, 1.54) is 0 Å². The van der Waals surface area contributed by atoms with Crippen molar-refractivity contribution in [3.05, 3.63) is 35.9 Å². The predicted octanol–water partition coefficient (Wildman–Crippen LogP) is 0.939. The molecule has 0 amide bonds. The zero-order valence-electron chi connectivity index (χ0n) is 11.0. The number of nitrogens with two attached hydrogens (primary N) is 1. The molecule has 0 fully saturated rings. The van der Waals surface area contributed by atoms with Crippen molar-refractivity contribution in [2.75, 3.05) is 6.54 Å². The van der Waals surface area contributed by atoms with Crippen LogP contribution in [0.15, 0.2) is 24.5 Å². The highest BCUT2D eigenvalue weighted by Gasteiger charge is 2.16. The van der Waals surface area contributed by atoms with E-state index in [0.29, 0.717) is 6.54 Å². The van der Waals surface area contributed by atoms with Crippen LogP contribution in [0.2, 0.25) is 0 Å². The number of pyridine rings is 1. The Kier molecular flexibility index (Phi) is 2.79. The zero-order valence-corrected chi connectivity index (χ0v) is 11.0. The largest absolute Gasteiger partial charge is 0.330 e. The normalized spacial score (nSPS) is 11.3. The molecule has 98 valence electrons. The zero-order chi connectivity index (χ0) is 13.4. The topological polar surface area (TPSA) is 74.0 Å². The van der Waals surface area contributed by atoms with E-state index in [9.17, 15) is 0 Å². The maximum Gasteiger partial charge on any atom is 0.232 e. The van der Waals surface area contributed by atoms with Crippen LogP contribution in [0.25, 0.3) is 17.2 Å². The minimum absolute atomic E-state index is 0.591. The molecule has 19 heavy (non-hydrogen) atoms. The van der Waals surface area contributed by atoms with Crippen molar-refractivity contribution >= 4 is 5.78 Å². The van der Waals surface area contributed by atoms with Gasteiger partial charge in [-0.2, -0.15) is 0 Å². The molecule has 0 saturated carbocycles. The summed E-state index contributed by atoms with van der Waals surface area (Å²) in [6.45, 7) is 2.58. The predicted molar refractivity (Wildman–Crippen MR) is 72.7 cm³/mol. The first-order valence-electron chi connectivity index (χ1n) is 6.23. The third-order valence-electron chi connectivity index (χ3n) is 3.24. The Morgan fingerprint density at radius 3 is 2.89 bits per heavy atom. The van der Waals surface area contributed by atoms with Gasteiger partial charge in [0.05, 0.1) is 11.4 Å². The minimum Gasteiger partial charge on any atom is -0.330 e. The van der Waals surface area contributed by atoms with Crippen LogP contribution >= 0.6 is 0 Å². The van der Waals surface area contributed by atoms with Gasteiger partial charge >= 0.3 is 0 Å². The van der Waals surface area contributed by atoms with Gasteiger partial charge in [-0.15, -0.1) is 5.10 Å². The van der Waals surface area contributed by atoms with Crippen molar-refractivity contribution in [2.24, 2.45) is 12.8 Å². The van der Waals surface area contributed by atoms with E-state index in [4.69, 9.17) is 5.73 Å². The van der Waals surface area contributed by atoms with Gasteiger partial charge < -0.3 is 5.73 Å². The lowest BCUT2D eigenvalue weighted by molar-refractivity contribution is 0.835. The summed E-state index contributed by atoms with van der Waals surface area (Å²) >= 11 is 0. The van der Waals surface area contributed by atoms with Crippen molar-refractivity contribution < 1.29 is 0 Å². The second-order valence-electron chi connectivity index (χ2n) is 4.52. The lowest BCUT2D eigenvalue weighted by atomic mass is 10.2. The Balaban J connectivity index is 2.21. The van der Waals surface area contributed by atoms with E-state index in [1.807, 2.05) is 35.2 Å². The first-order valence-corrected chi connectivity index (χ1v) is 6.23. The van der Waals surface area contributed by atoms with Gasteiger partial charge in [0.25, 0.3) is 0 Å². The van der Waals surface area contributed by atoms with E-state index in [2.05, 4.69) is 15.1 Å². The maximum atomic E-state index is 5.65. The fourth-order valence-electron chi connectivity index (χ4n) is 2.28. The summed E-state index contributed by atoms with van der Waals surface area (Å²) in [4.78, 5) is 8.69. The number of rotatable bonds is 3. The van der Waals surface area contributed by atoms with E-state index in [-0.39, 0.29) is 0 Å². The summed E-state index contributed by atoms with van der Waals surface area (Å²) in [5.41, 5.74) is 8.69. The number of fused-ring (bicyclic) bond motifs is 1. The molecule has 3 aromatic heterocycles. The summed E-state index contributed by atoms with van der Waals surface area (Å²) < 4.78 is 3.86. The Labute approximate surface area is 110 Å². The van der Waals surface area contributed by atoms with Crippen LogP contribution in [-0.2, 0) is 13.5 Å². The fraction of sp³-hybridized carbons (Fsp3) is 0.308. The number of nitrogens with zero attached hydrogens (tertiary/aromatic N) is 5. The first kappa shape index (κ1) is 11.9. The van der Waals surface area contributed by atoms with Crippen LogP contribution in [0.5, 0.6) is 0 Å². The average Bonchev–Trinajstić information content (AvgIpc) is 2.90. The lowest BCUT2D eigenvalue weighted by Crippen LogP contribution is -2.06. The molecule has 6 heteroatoms. The van der Waals surface area contributed by atoms with Crippen LogP contribution in [0, 0.1) is 6.92 Å². The van der Waals surface area contributed by atoms with Crippen molar-refractivity contribution in [1.29, 1.82) is 0 Å². The van der Waals surface area contributed by atoms with Gasteiger partial charge in [-0.1, -0.05) is 0 Å². The Morgan fingerprint density at radius 1 is 1.37 bits per heavy atom. The molecule has 0 bridgehead atoms. The fourth-order valence-corrected chi connectivity index (χ4v) is 2.28. The molecule has 6 nitrogen and oxygen atoms in total. The second-order valence-corrected chi connectivity index (χ2v) is 4.52. The summed E-state index contributed by atoms with van der Waals surface area (Å²) in [5, 5.41) is 4.64. The number of hydrogen-bond donors (Lipinski definition) is 1. The molecule has 0 aliphatic carbocycles. The van der Waals surface area contributed by atoms with Gasteiger partial charge in [-0.3, -0.25) is 9.55 Å². The molecule has 0 aromatic carbocycles. The summed E-state index contributed by atoms with van der Waals surface area (Å²) in [6.07, 6.45) is 4.33. The highest BCUT2D eigenvalue weighted by atomic mass is 15.4. The van der Waals surface area contributed by atoms with Crippen LogP contribution in [0.1, 0.15) is 11.4 Å². The smallest absolute Gasteiger partial charge is 0.232 e. The Hall–Kier alpha value is -2.21. The highest BCUT2D eigenvalue weighted by molar-refractivity contribution is 5.57. The van der Waals surface area contributed by atoms with Gasteiger partial charge in [-0.05, 0) is 25.6 Å². The molecular formula is C13H16N6. The monoisotopic (exact) mass is 256 g/mol. The van der Waals surface area contributed by atoms with Gasteiger partial charge in [0, 0.05) is 31.4 Å². The Bertz CT molecular complexity index is 710. The lowest BCUT2D eigenvalue weighted by Gasteiger charge is -1.99. The maximum absolute atomic E-state index is 5.65. The van der Waals surface area contributed by atoms with Crippen LogP contribution in [-0.4, -0.2) is 30.7 Å². The molecule has 0 radical (unpaired) electrons. The first-order chi connectivity index (χ1) is 9.22.